The van der Waals surface area contributed by atoms with Crippen LogP contribution in [-0.2, 0) is 0 Å². The minimum atomic E-state index is 0.277. The first kappa shape index (κ1) is 14.7. The summed E-state index contributed by atoms with van der Waals surface area (Å²) in [4.78, 5) is 11.3. The highest BCUT2D eigenvalue weighted by Gasteiger charge is 2.29. The number of nitrogens with zero attached hydrogens (tertiary/aromatic N) is 5. The Labute approximate surface area is 140 Å². The molecule has 1 aliphatic heterocycles. The van der Waals surface area contributed by atoms with Crippen LogP contribution in [0.1, 0.15) is 24.4 Å². The molecule has 1 N–H and O–H groups in total. The smallest absolute Gasteiger partial charge is 0.246 e. The maximum atomic E-state index is 4.78. The Hall–Kier alpha value is -2.89. The van der Waals surface area contributed by atoms with Crippen LogP contribution in [0.25, 0.3) is 5.52 Å². The number of nitrogens with one attached hydrogen (secondary N) is 1. The highest BCUT2D eigenvalue weighted by molar-refractivity contribution is 5.69. The third-order valence-electron chi connectivity index (χ3n) is 4.37. The summed E-state index contributed by atoms with van der Waals surface area (Å²) in [6.07, 6.45) is 9.75. The zero-order chi connectivity index (χ0) is 16.4. The van der Waals surface area contributed by atoms with Crippen molar-refractivity contribution in [3.05, 3.63) is 61.1 Å². The van der Waals surface area contributed by atoms with E-state index in [1.165, 1.54) is 5.56 Å². The molecular weight excluding hydrogens is 300 g/mol. The van der Waals surface area contributed by atoms with Crippen molar-refractivity contribution in [3.63, 3.8) is 0 Å². The van der Waals surface area contributed by atoms with Crippen molar-refractivity contribution in [1.82, 2.24) is 19.6 Å². The van der Waals surface area contributed by atoms with Crippen LogP contribution in [-0.4, -0.2) is 32.7 Å². The Morgan fingerprint density at radius 2 is 2.29 bits per heavy atom. The van der Waals surface area contributed by atoms with Crippen LogP contribution in [0.5, 0.6) is 0 Å². The number of rotatable bonds is 5. The first-order valence-electron chi connectivity index (χ1n) is 8.23. The molecule has 1 saturated heterocycles. The van der Waals surface area contributed by atoms with E-state index >= 15 is 0 Å². The van der Waals surface area contributed by atoms with E-state index in [-0.39, 0.29) is 6.04 Å². The second kappa shape index (κ2) is 6.31. The number of hydrogen-bond donors (Lipinski definition) is 1. The summed E-state index contributed by atoms with van der Waals surface area (Å²) in [5.74, 6) is 1.58. The summed E-state index contributed by atoms with van der Waals surface area (Å²) in [5, 5.41) is 8.02. The Kier molecular flexibility index (Phi) is 3.86. The van der Waals surface area contributed by atoms with Crippen molar-refractivity contribution >= 4 is 17.3 Å². The molecular formula is C18H20N6. The lowest BCUT2D eigenvalue weighted by Gasteiger charge is -2.25. The summed E-state index contributed by atoms with van der Waals surface area (Å²) < 4.78 is 1.88. The van der Waals surface area contributed by atoms with E-state index in [0.717, 1.165) is 36.7 Å². The number of aromatic nitrogens is 4. The lowest BCUT2D eigenvalue weighted by Crippen LogP contribution is -2.26. The minimum Gasteiger partial charge on any atom is -0.365 e. The fourth-order valence-electron chi connectivity index (χ4n) is 3.27. The van der Waals surface area contributed by atoms with E-state index in [1.807, 2.05) is 47.4 Å². The van der Waals surface area contributed by atoms with Gasteiger partial charge in [-0.3, -0.25) is 4.98 Å². The Morgan fingerprint density at radius 3 is 3.12 bits per heavy atom. The monoisotopic (exact) mass is 320 g/mol. The van der Waals surface area contributed by atoms with Gasteiger partial charge in [0.2, 0.25) is 5.95 Å². The maximum Gasteiger partial charge on any atom is 0.246 e. The van der Waals surface area contributed by atoms with Crippen molar-refractivity contribution in [2.45, 2.75) is 18.9 Å². The van der Waals surface area contributed by atoms with E-state index in [2.05, 4.69) is 27.8 Å². The largest absolute Gasteiger partial charge is 0.365 e. The molecule has 3 aromatic heterocycles. The van der Waals surface area contributed by atoms with Gasteiger partial charge in [-0.1, -0.05) is 12.1 Å². The highest BCUT2D eigenvalue weighted by Crippen LogP contribution is 2.34. The van der Waals surface area contributed by atoms with Gasteiger partial charge in [-0.2, -0.15) is 4.98 Å². The fraction of sp³-hybridized carbons (Fsp3) is 0.278. The van der Waals surface area contributed by atoms with Crippen LogP contribution < -0.4 is 10.2 Å². The summed E-state index contributed by atoms with van der Waals surface area (Å²) in [5.41, 5.74) is 2.18. The molecule has 4 heterocycles. The third-order valence-corrected chi connectivity index (χ3v) is 4.37. The van der Waals surface area contributed by atoms with Gasteiger partial charge in [0.05, 0.1) is 6.04 Å². The van der Waals surface area contributed by atoms with Crippen LogP contribution in [0.2, 0.25) is 0 Å². The van der Waals surface area contributed by atoms with Crippen LogP contribution in [0, 0.1) is 0 Å². The van der Waals surface area contributed by atoms with Gasteiger partial charge in [-0.15, -0.1) is 11.7 Å². The number of anilines is 2. The van der Waals surface area contributed by atoms with Gasteiger partial charge in [0, 0.05) is 31.7 Å². The molecule has 0 aliphatic carbocycles. The van der Waals surface area contributed by atoms with Crippen LogP contribution in [0.3, 0.4) is 0 Å². The predicted molar refractivity (Wildman–Crippen MR) is 95.2 cm³/mol. The summed E-state index contributed by atoms with van der Waals surface area (Å²) in [7, 11) is 0. The minimum absolute atomic E-state index is 0.277. The molecule has 1 aliphatic rings. The number of pyridine rings is 1. The first-order chi connectivity index (χ1) is 11.9. The van der Waals surface area contributed by atoms with Crippen molar-refractivity contribution in [2.75, 3.05) is 23.3 Å². The topological polar surface area (TPSA) is 58.4 Å². The van der Waals surface area contributed by atoms with Crippen molar-refractivity contribution < 1.29 is 0 Å². The van der Waals surface area contributed by atoms with Crippen molar-refractivity contribution in [1.29, 1.82) is 0 Å². The molecule has 0 radical (unpaired) electrons. The van der Waals surface area contributed by atoms with Gasteiger partial charge in [-0.05, 0) is 36.6 Å². The second-order valence-electron chi connectivity index (χ2n) is 5.91. The molecule has 0 amide bonds. The molecule has 0 aromatic carbocycles. The summed E-state index contributed by atoms with van der Waals surface area (Å²) in [6.45, 7) is 5.39. The summed E-state index contributed by atoms with van der Waals surface area (Å²) in [6, 6.07) is 8.38. The maximum absolute atomic E-state index is 4.78. The quantitative estimate of drug-likeness (QED) is 0.732. The molecule has 0 spiro atoms. The lowest BCUT2D eigenvalue weighted by atomic mass is 10.1. The molecule has 1 fully saturated rings. The molecule has 0 bridgehead atoms. The lowest BCUT2D eigenvalue weighted by molar-refractivity contribution is 0.687. The van der Waals surface area contributed by atoms with Crippen LogP contribution >= 0.6 is 0 Å². The van der Waals surface area contributed by atoms with E-state index in [0.29, 0.717) is 6.54 Å². The Bertz CT molecular complexity index is 841. The molecule has 6 nitrogen and oxygen atoms in total. The zero-order valence-corrected chi connectivity index (χ0v) is 13.5. The van der Waals surface area contributed by atoms with E-state index in [4.69, 9.17) is 10.1 Å². The highest BCUT2D eigenvalue weighted by atomic mass is 15.4. The average Bonchev–Trinajstić information content (AvgIpc) is 3.29. The zero-order valence-electron chi connectivity index (χ0n) is 13.5. The molecule has 1 unspecified atom stereocenters. The van der Waals surface area contributed by atoms with E-state index in [1.54, 1.807) is 0 Å². The van der Waals surface area contributed by atoms with Gasteiger partial charge in [0.1, 0.15) is 5.52 Å². The van der Waals surface area contributed by atoms with Gasteiger partial charge in [0.15, 0.2) is 5.82 Å². The van der Waals surface area contributed by atoms with Gasteiger partial charge >= 0.3 is 0 Å². The van der Waals surface area contributed by atoms with E-state index < -0.39 is 0 Å². The molecule has 4 rings (SSSR count). The molecule has 1 atom stereocenters. The van der Waals surface area contributed by atoms with Gasteiger partial charge < -0.3 is 10.2 Å². The van der Waals surface area contributed by atoms with Crippen molar-refractivity contribution in [3.8, 4) is 0 Å². The molecule has 122 valence electrons. The molecule has 3 aromatic rings. The molecule has 6 heteroatoms. The Balaban J connectivity index is 1.73. The summed E-state index contributed by atoms with van der Waals surface area (Å²) >= 11 is 0. The SMILES string of the molecule is C=CCNc1nc(N2CCCC2c2cccnc2)nn2cccc12. The van der Waals surface area contributed by atoms with Crippen LogP contribution in [0.15, 0.2) is 55.5 Å². The van der Waals surface area contributed by atoms with Crippen LogP contribution in [0.4, 0.5) is 11.8 Å². The first-order valence-corrected chi connectivity index (χ1v) is 8.23. The molecule has 0 saturated carbocycles. The second-order valence-corrected chi connectivity index (χ2v) is 5.91. The third kappa shape index (κ3) is 2.60. The normalized spacial score (nSPS) is 17.3. The van der Waals surface area contributed by atoms with Gasteiger partial charge in [-0.25, -0.2) is 4.52 Å². The molecule has 24 heavy (non-hydrogen) atoms. The van der Waals surface area contributed by atoms with Gasteiger partial charge in [0.25, 0.3) is 0 Å². The standard InChI is InChI=1S/C18H20N6/c1-2-9-20-17-16-8-5-12-24(16)22-18(21-17)23-11-4-7-15(23)14-6-3-10-19-13-14/h2-3,5-6,8,10,12-13,15H,1,4,7,9,11H2,(H,20,21,22). The fourth-order valence-corrected chi connectivity index (χ4v) is 3.27. The van der Waals surface area contributed by atoms with E-state index in [9.17, 15) is 0 Å². The predicted octanol–water partition coefficient (Wildman–Crippen LogP) is 3.06. The average molecular weight is 320 g/mol. The van der Waals surface area contributed by atoms with Crippen molar-refractivity contribution in [2.24, 2.45) is 0 Å². The Morgan fingerprint density at radius 1 is 1.33 bits per heavy atom. The number of hydrogen-bond acceptors (Lipinski definition) is 5. The number of fused-ring (bicyclic) bond motifs is 1.